The van der Waals surface area contributed by atoms with Crippen LogP contribution in [0, 0.1) is 12.8 Å². The van der Waals surface area contributed by atoms with Gasteiger partial charge in [0.05, 0.1) is 24.1 Å². The summed E-state index contributed by atoms with van der Waals surface area (Å²) in [7, 11) is 0. The van der Waals surface area contributed by atoms with Crippen molar-refractivity contribution in [1.82, 2.24) is 15.6 Å². The molecule has 2 heterocycles. The van der Waals surface area contributed by atoms with E-state index in [2.05, 4.69) is 15.6 Å². The maximum absolute atomic E-state index is 13.4. The fourth-order valence-electron chi connectivity index (χ4n) is 4.49. The van der Waals surface area contributed by atoms with E-state index < -0.39 is 35.6 Å². The third-order valence-corrected chi connectivity index (χ3v) is 6.99. The molecule has 4 rings (SSSR count). The second-order valence-corrected chi connectivity index (χ2v) is 9.74. The third kappa shape index (κ3) is 6.45. The van der Waals surface area contributed by atoms with Crippen molar-refractivity contribution >= 4 is 23.7 Å². The van der Waals surface area contributed by atoms with Crippen LogP contribution in [-0.2, 0) is 9.59 Å². The number of hydrogen-bond acceptors (Lipinski definition) is 7. The van der Waals surface area contributed by atoms with Crippen LogP contribution < -0.4 is 20.1 Å². The number of Topliss-reactive ketones (excluding diaryl/α,β-unsaturated/α-hetero) is 1. The summed E-state index contributed by atoms with van der Waals surface area (Å²) in [4.78, 5) is 41.8. The van der Waals surface area contributed by atoms with E-state index in [1.165, 1.54) is 13.0 Å². The number of nitrogens with one attached hydrogen (secondary N) is 3. The molecule has 1 aromatic heterocycles. The van der Waals surface area contributed by atoms with Crippen molar-refractivity contribution in [2.24, 2.45) is 5.92 Å². The molecule has 1 aliphatic rings. The van der Waals surface area contributed by atoms with Crippen LogP contribution in [0.5, 0.6) is 23.3 Å². The highest BCUT2D eigenvalue weighted by atomic mass is 16.7. The van der Waals surface area contributed by atoms with Crippen LogP contribution in [0.15, 0.2) is 54.6 Å². The molecular weight excluding hydrogens is 514 g/mol. The van der Waals surface area contributed by atoms with Crippen molar-refractivity contribution < 1.29 is 34.1 Å². The highest BCUT2D eigenvalue weighted by molar-refractivity contribution is 6.05. The maximum Gasteiger partial charge on any atom is 0.244 e. The number of rotatable bonds is 11. The molecule has 1 aliphatic heterocycles. The fraction of sp³-hybridized carbons (Fsp3) is 0.300. The number of aromatic amines is 1. The van der Waals surface area contributed by atoms with E-state index in [4.69, 9.17) is 9.47 Å². The minimum absolute atomic E-state index is 0.0651. The predicted octanol–water partition coefficient (Wildman–Crippen LogP) is 4.14. The number of hydrogen-bond donors (Lipinski definition) is 5. The van der Waals surface area contributed by atoms with Gasteiger partial charge in [0, 0.05) is 11.6 Å². The van der Waals surface area contributed by atoms with Gasteiger partial charge in [-0.1, -0.05) is 56.7 Å². The van der Waals surface area contributed by atoms with Crippen molar-refractivity contribution in [3.8, 4) is 23.3 Å². The van der Waals surface area contributed by atoms with Crippen molar-refractivity contribution in [1.29, 1.82) is 0 Å². The number of ether oxygens (including phenoxy) is 2. The lowest BCUT2D eigenvalue weighted by Gasteiger charge is -2.25. The van der Waals surface area contributed by atoms with Crippen LogP contribution in [0.4, 0.5) is 0 Å². The monoisotopic (exact) mass is 547 g/mol. The average Bonchev–Trinajstić information content (AvgIpc) is 3.52. The standard InChI is InChI=1S/C30H33N3O7/c1-4-17(2)27(28(36)26-18(3)29(37)33-30(26)38)32-25(35)15-21(20-8-6-5-7-9-20)31-24(34)13-11-19-10-12-22-23(14-19)40-16-39-22/h5-14,17,21,27,33,37-38H,4,15-16H2,1-3H3,(H,31,34)(H,32,35)/t17-,21+,27?/m1/s1. The van der Waals surface area contributed by atoms with Gasteiger partial charge >= 0.3 is 0 Å². The van der Waals surface area contributed by atoms with Gasteiger partial charge in [0.15, 0.2) is 23.2 Å². The smallest absolute Gasteiger partial charge is 0.244 e. The molecule has 210 valence electrons. The molecule has 2 amide bonds. The largest absolute Gasteiger partial charge is 0.494 e. The number of H-pyrrole nitrogens is 1. The van der Waals surface area contributed by atoms with E-state index >= 15 is 0 Å². The summed E-state index contributed by atoms with van der Waals surface area (Å²) < 4.78 is 10.7. The molecule has 0 aliphatic carbocycles. The molecule has 1 unspecified atom stereocenters. The number of fused-ring (bicyclic) bond motifs is 1. The van der Waals surface area contributed by atoms with Crippen LogP contribution in [0.3, 0.4) is 0 Å². The number of carbonyl (C=O) groups excluding carboxylic acids is 3. The molecular formula is C30H33N3O7. The summed E-state index contributed by atoms with van der Waals surface area (Å²) in [6.07, 6.45) is 3.46. The van der Waals surface area contributed by atoms with E-state index in [0.29, 0.717) is 17.9 Å². The number of amides is 2. The topological polar surface area (TPSA) is 150 Å². The van der Waals surface area contributed by atoms with Crippen molar-refractivity contribution in [3.63, 3.8) is 0 Å². The van der Waals surface area contributed by atoms with Crippen LogP contribution >= 0.6 is 0 Å². The molecule has 3 aromatic rings. The Hall–Kier alpha value is -4.73. The normalized spacial score (nSPS) is 14.5. The van der Waals surface area contributed by atoms with Gasteiger partial charge in [-0.05, 0) is 42.2 Å². The molecule has 2 aromatic carbocycles. The zero-order valence-electron chi connectivity index (χ0n) is 22.6. The fourth-order valence-corrected chi connectivity index (χ4v) is 4.49. The highest BCUT2D eigenvalue weighted by Gasteiger charge is 2.32. The Morgan fingerprint density at radius 1 is 1.02 bits per heavy atom. The third-order valence-electron chi connectivity index (χ3n) is 6.99. The van der Waals surface area contributed by atoms with Gasteiger partial charge < -0.3 is 30.3 Å². The molecule has 10 heteroatoms. The summed E-state index contributed by atoms with van der Waals surface area (Å²) in [6.45, 7) is 5.37. The molecule has 10 nitrogen and oxygen atoms in total. The van der Waals surface area contributed by atoms with Crippen molar-refractivity contribution in [2.75, 3.05) is 6.79 Å². The number of ketones is 1. The van der Waals surface area contributed by atoms with Gasteiger partial charge in [0.2, 0.25) is 24.5 Å². The molecule has 0 radical (unpaired) electrons. The van der Waals surface area contributed by atoms with E-state index in [0.717, 1.165) is 11.1 Å². The second kappa shape index (κ2) is 12.4. The molecule has 0 spiro atoms. The quantitative estimate of drug-likeness (QED) is 0.179. The molecule has 3 atom stereocenters. The Morgan fingerprint density at radius 3 is 2.42 bits per heavy atom. The molecule has 0 bridgehead atoms. The summed E-state index contributed by atoms with van der Waals surface area (Å²) in [5, 5.41) is 25.8. The first-order valence-corrected chi connectivity index (χ1v) is 13.0. The lowest BCUT2D eigenvalue weighted by atomic mass is 9.90. The Bertz CT molecular complexity index is 1410. The summed E-state index contributed by atoms with van der Waals surface area (Å²) in [5.74, 6) is -1.15. The Labute approximate surface area is 232 Å². The van der Waals surface area contributed by atoms with E-state index in [1.807, 2.05) is 32.0 Å². The first-order chi connectivity index (χ1) is 19.2. The summed E-state index contributed by atoms with van der Waals surface area (Å²) in [5.41, 5.74) is 1.61. The lowest BCUT2D eigenvalue weighted by Crippen LogP contribution is -2.46. The summed E-state index contributed by atoms with van der Waals surface area (Å²) >= 11 is 0. The van der Waals surface area contributed by atoms with Crippen molar-refractivity contribution in [3.05, 3.63) is 76.9 Å². The van der Waals surface area contributed by atoms with E-state index in [1.54, 1.807) is 36.4 Å². The average molecular weight is 548 g/mol. The number of benzene rings is 2. The number of carbonyl (C=O) groups is 3. The Morgan fingerprint density at radius 2 is 1.75 bits per heavy atom. The van der Waals surface area contributed by atoms with Gasteiger partial charge in [-0.25, -0.2) is 0 Å². The highest BCUT2D eigenvalue weighted by Crippen LogP contribution is 2.33. The zero-order valence-corrected chi connectivity index (χ0v) is 22.6. The first kappa shape index (κ1) is 28.3. The molecule has 0 saturated heterocycles. The van der Waals surface area contributed by atoms with Crippen LogP contribution in [0.1, 0.15) is 59.8 Å². The molecule has 0 fully saturated rings. The number of aromatic nitrogens is 1. The number of aromatic hydroxyl groups is 2. The second-order valence-electron chi connectivity index (χ2n) is 9.74. The molecule has 5 N–H and O–H groups in total. The van der Waals surface area contributed by atoms with Crippen LogP contribution in [-0.4, -0.2) is 45.6 Å². The van der Waals surface area contributed by atoms with Crippen LogP contribution in [0.2, 0.25) is 0 Å². The van der Waals surface area contributed by atoms with Gasteiger partial charge in [-0.15, -0.1) is 0 Å². The van der Waals surface area contributed by atoms with Gasteiger partial charge in [-0.3, -0.25) is 19.4 Å². The van der Waals surface area contributed by atoms with E-state index in [9.17, 15) is 24.6 Å². The first-order valence-electron chi connectivity index (χ1n) is 13.0. The Kier molecular flexibility index (Phi) is 8.78. The summed E-state index contributed by atoms with van der Waals surface area (Å²) in [6, 6.07) is 12.8. The maximum atomic E-state index is 13.4. The van der Waals surface area contributed by atoms with E-state index in [-0.39, 0.29) is 36.1 Å². The van der Waals surface area contributed by atoms with Crippen LogP contribution in [0.25, 0.3) is 6.08 Å². The SMILES string of the molecule is CC[C@@H](C)C(NC(=O)C[C@H](NC(=O)C=Cc1ccc2c(c1)OCO2)c1ccccc1)C(=O)c1c(O)[nH]c(O)c1C. The predicted molar refractivity (Wildman–Crippen MR) is 148 cm³/mol. The minimum Gasteiger partial charge on any atom is -0.494 e. The van der Waals surface area contributed by atoms with Crippen molar-refractivity contribution in [2.45, 2.75) is 45.7 Å². The van der Waals surface area contributed by atoms with Gasteiger partial charge in [0.1, 0.15) is 0 Å². The zero-order chi connectivity index (χ0) is 28.8. The van der Waals surface area contributed by atoms with Gasteiger partial charge in [0.25, 0.3) is 0 Å². The molecule has 40 heavy (non-hydrogen) atoms. The molecule has 0 saturated carbocycles. The Balaban J connectivity index is 1.48. The minimum atomic E-state index is -0.949. The van der Waals surface area contributed by atoms with Gasteiger partial charge in [-0.2, -0.15) is 0 Å². The lowest BCUT2D eigenvalue weighted by molar-refractivity contribution is -0.123.